The van der Waals surface area contributed by atoms with E-state index in [2.05, 4.69) is 28.0 Å². The average Bonchev–Trinajstić information content (AvgIpc) is 3.12. The third-order valence-electron chi connectivity index (χ3n) is 4.32. The van der Waals surface area contributed by atoms with Gasteiger partial charge in [-0.1, -0.05) is 25.5 Å². The Hall–Kier alpha value is -2.93. The summed E-state index contributed by atoms with van der Waals surface area (Å²) in [7, 11) is 1.86. The number of hydrogen-bond acceptors (Lipinski definition) is 5. The molecule has 7 heteroatoms. The molecule has 1 amide bonds. The predicted molar refractivity (Wildman–Crippen MR) is 108 cm³/mol. The Morgan fingerprint density at radius 2 is 1.93 bits per heavy atom. The number of carbonyl (C=O) groups excluding carboxylic acids is 1. The van der Waals surface area contributed by atoms with Gasteiger partial charge in [-0.3, -0.25) is 4.79 Å². The summed E-state index contributed by atoms with van der Waals surface area (Å²) in [6.45, 7) is 4.41. The third kappa shape index (κ3) is 4.62. The van der Waals surface area contributed by atoms with Crippen LogP contribution in [0.3, 0.4) is 0 Å². The standard InChI is InChI=1S/C20H26N6O/c1-3-4-10-22-18-9-13-26-19(25-18)17(14-24-26)15-5-7-16(8-6-15)20(27)23-12-11-21-2/h5-9,13-14,21H,3-4,10-12H2,1-2H3,(H,22,25)(H,23,27). The number of likely N-dealkylation sites (N-methyl/N-ethyl adjacent to an activating group) is 1. The van der Waals surface area contributed by atoms with Gasteiger partial charge in [0.05, 0.1) is 6.20 Å². The molecule has 0 aliphatic carbocycles. The van der Waals surface area contributed by atoms with Crippen molar-refractivity contribution in [3.63, 3.8) is 0 Å². The lowest BCUT2D eigenvalue weighted by molar-refractivity contribution is 0.0954. The number of aromatic nitrogens is 3. The Balaban J connectivity index is 1.78. The summed E-state index contributed by atoms with van der Waals surface area (Å²) >= 11 is 0. The first-order valence-corrected chi connectivity index (χ1v) is 9.34. The zero-order valence-corrected chi connectivity index (χ0v) is 15.8. The maximum absolute atomic E-state index is 12.1. The van der Waals surface area contributed by atoms with Gasteiger partial charge in [-0.15, -0.1) is 0 Å². The second-order valence-corrected chi connectivity index (χ2v) is 6.36. The molecule has 0 aliphatic rings. The number of hydrogen-bond donors (Lipinski definition) is 3. The monoisotopic (exact) mass is 366 g/mol. The highest BCUT2D eigenvalue weighted by molar-refractivity contribution is 5.95. The third-order valence-corrected chi connectivity index (χ3v) is 4.32. The summed E-state index contributed by atoms with van der Waals surface area (Å²) in [5.41, 5.74) is 3.36. The van der Waals surface area contributed by atoms with Crippen molar-refractivity contribution in [1.29, 1.82) is 0 Å². The topological polar surface area (TPSA) is 83.3 Å². The van der Waals surface area contributed by atoms with E-state index in [0.717, 1.165) is 48.5 Å². The van der Waals surface area contributed by atoms with E-state index < -0.39 is 0 Å². The van der Waals surface area contributed by atoms with Gasteiger partial charge < -0.3 is 16.0 Å². The Morgan fingerprint density at radius 3 is 2.67 bits per heavy atom. The highest BCUT2D eigenvalue weighted by atomic mass is 16.1. The Kier molecular flexibility index (Phi) is 6.38. The van der Waals surface area contributed by atoms with Crippen molar-refractivity contribution in [2.75, 3.05) is 32.0 Å². The van der Waals surface area contributed by atoms with Crippen molar-refractivity contribution >= 4 is 17.4 Å². The van der Waals surface area contributed by atoms with Crippen LogP contribution in [0.25, 0.3) is 16.8 Å². The number of benzene rings is 1. The van der Waals surface area contributed by atoms with Crippen molar-refractivity contribution in [2.24, 2.45) is 0 Å². The molecule has 2 heterocycles. The zero-order valence-electron chi connectivity index (χ0n) is 15.8. The van der Waals surface area contributed by atoms with Gasteiger partial charge in [0.2, 0.25) is 0 Å². The van der Waals surface area contributed by atoms with Crippen molar-refractivity contribution in [3.05, 3.63) is 48.3 Å². The van der Waals surface area contributed by atoms with Crippen LogP contribution in [-0.2, 0) is 0 Å². The quantitative estimate of drug-likeness (QED) is 0.507. The smallest absolute Gasteiger partial charge is 0.251 e. The summed E-state index contributed by atoms with van der Waals surface area (Å²) < 4.78 is 1.76. The van der Waals surface area contributed by atoms with Crippen LogP contribution in [-0.4, -0.2) is 47.2 Å². The van der Waals surface area contributed by atoms with Crippen molar-refractivity contribution in [2.45, 2.75) is 19.8 Å². The highest BCUT2D eigenvalue weighted by Gasteiger charge is 2.10. The fraction of sp³-hybridized carbons (Fsp3) is 0.350. The van der Waals surface area contributed by atoms with Crippen molar-refractivity contribution in [1.82, 2.24) is 25.2 Å². The minimum absolute atomic E-state index is 0.0720. The molecular weight excluding hydrogens is 340 g/mol. The lowest BCUT2D eigenvalue weighted by atomic mass is 10.1. The largest absolute Gasteiger partial charge is 0.370 e. The molecule has 3 aromatic rings. The number of fused-ring (bicyclic) bond motifs is 1. The van der Waals surface area contributed by atoms with E-state index in [9.17, 15) is 4.79 Å². The number of carbonyl (C=O) groups is 1. The van der Waals surface area contributed by atoms with E-state index in [4.69, 9.17) is 4.98 Å². The minimum atomic E-state index is -0.0720. The van der Waals surface area contributed by atoms with Gasteiger partial charge in [-0.05, 0) is 37.2 Å². The first-order valence-electron chi connectivity index (χ1n) is 9.34. The lowest BCUT2D eigenvalue weighted by Crippen LogP contribution is -2.30. The van der Waals surface area contributed by atoms with E-state index in [1.165, 1.54) is 0 Å². The molecule has 0 radical (unpaired) electrons. The van der Waals surface area contributed by atoms with Gasteiger partial charge in [0.15, 0.2) is 5.65 Å². The molecule has 0 unspecified atom stereocenters. The molecule has 3 N–H and O–H groups in total. The van der Waals surface area contributed by atoms with Gasteiger partial charge in [-0.25, -0.2) is 9.50 Å². The van der Waals surface area contributed by atoms with Gasteiger partial charge in [0.1, 0.15) is 5.82 Å². The van der Waals surface area contributed by atoms with E-state index in [1.807, 2.05) is 43.6 Å². The zero-order chi connectivity index (χ0) is 19.1. The second-order valence-electron chi connectivity index (χ2n) is 6.36. The molecule has 1 aromatic carbocycles. The van der Waals surface area contributed by atoms with E-state index in [0.29, 0.717) is 12.1 Å². The summed E-state index contributed by atoms with van der Waals surface area (Å²) in [6.07, 6.45) is 5.96. The summed E-state index contributed by atoms with van der Waals surface area (Å²) in [5, 5.41) is 13.6. The Bertz CT molecular complexity index is 887. The summed E-state index contributed by atoms with van der Waals surface area (Å²) in [5.74, 6) is 0.774. The molecule has 142 valence electrons. The number of nitrogens with one attached hydrogen (secondary N) is 3. The van der Waals surface area contributed by atoms with Crippen LogP contribution in [0.4, 0.5) is 5.82 Å². The Morgan fingerprint density at radius 1 is 1.11 bits per heavy atom. The van der Waals surface area contributed by atoms with Gasteiger partial charge in [0, 0.05) is 37.0 Å². The van der Waals surface area contributed by atoms with Crippen LogP contribution in [0.15, 0.2) is 42.7 Å². The average molecular weight is 366 g/mol. The van der Waals surface area contributed by atoms with Crippen LogP contribution in [0.5, 0.6) is 0 Å². The molecule has 0 saturated carbocycles. The number of unbranched alkanes of at least 4 members (excludes halogenated alkanes) is 1. The molecule has 7 nitrogen and oxygen atoms in total. The highest BCUT2D eigenvalue weighted by Crippen LogP contribution is 2.24. The Labute approximate surface area is 159 Å². The van der Waals surface area contributed by atoms with E-state index >= 15 is 0 Å². The molecule has 0 spiro atoms. The number of rotatable bonds is 9. The number of nitrogens with zero attached hydrogens (tertiary/aromatic N) is 3. The molecule has 0 aliphatic heterocycles. The first kappa shape index (κ1) is 18.8. The molecule has 27 heavy (non-hydrogen) atoms. The second kappa shape index (κ2) is 9.14. The van der Waals surface area contributed by atoms with Crippen molar-refractivity contribution < 1.29 is 4.79 Å². The summed E-state index contributed by atoms with van der Waals surface area (Å²) in [6, 6.07) is 9.46. The van der Waals surface area contributed by atoms with Gasteiger partial charge >= 0.3 is 0 Å². The van der Waals surface area contributed by atoms with Crippen LogP contribution < -0.4 is 16.0 Å². The molecule has 0 saturated heterocycles. The maximum Gasteiger partial charge on any atom is 0.251 e. The number of amides is 1. The fourth-order valence-electron chi connectivity index (χ4n) is 2.77. The van der Waals surface area contributed by atoms with Crippen LogP contribution >= 0.6 is 0 Å². The minimum Gasteiger partial charge on any atom is -0.370 e. The number of anilines is 1. The van der Waals surface area contributed by atoms with Crippen LogP contribution in [0.2, 0.25) is 0 Å². The van der Waals surface area contributed by atoms with Crippen LogP contribution in [0.1, 0.15) is 30.1 Å². The van der Waals surface area contributed by atoms with E-state index in [1.54, 1.807) is 10.7 Å². The lowest BCUT2D eigenvalue weighted by Gasteiger charge is -2.07. The SMILES string of the molecule is CCCCNc1ccn2ncc(-c3ccc(C(=O)NCCNC)cc3)c2n1. The molecule has 3 rings (SSSR count). The fourth-order valence-corrected chi connectivity index (χ4v) is 2.77. The maximum atomic E-state index is 12.1. The van der Waals surface area contributed by atoms with Crippen molar-refractivity contribution in [3.8, 4) is 11.1 Å². The van der Waals surface area contributed by atoms with Crippen LogP contribution in [0, 0.1) is 0 Å². The molecule has 0 bridgehead atoms. The molecule has 2 aromatic heterocycles. The molecule has 0 fully saturated rings. The normalized spacial score (nSPS) is 10.9. The van der Waals surface area contributed by atoms with E-state index in [-0.39, 0.29) is 5.91 Å². The molecule has 0 atom stereocenters. The molecular formula is C20H26N6O. The van der Waals surface area contributed by atoms with Gasteiger partial charge in [-0.2, -0.15) is 5.10 Å². The summed E-state index contributed by atoms with van der Waals surface area (Å²) in [4.78, 5) is 16.8. The van der Waals surface area contributed by atoms with Gasteiger partial charge in [0.25, 0.3) is 5.91 Å². The first-order chi connectivity index (χ1) is 13.2. The predicted octanol–water partition coefficient (Wildman–Crippen LogP) is 2.56.